The minimum Gasteiger partial charge on any atom is -0.291 e. The zero-order valence-electron chi connectivity index (χ0n) is 8.00. The third-order valence-corrected chi connectivity index (χ3v) is 1.93. The van der Waals surface area contributed by atoms with Gasteiger partial charge in [0.15, 0.2) is 0 Å². The van der Waals surface area contributed by atoms with Gasteiger partial charge < -0.3 is 0 Å². The smallest absolute Gasteiger partial charge is 0.202 e. The van der Waals surface area contributed by atoms with Crippen molar-refractivity contribution >= 4 is 12.4 Å². The lowest BCUT2D eigenvalue weighted by molar-refractivity contribution is 0.556. The molecule has 1 aromatic rings. The number of hydrogen-bond donors (Lipinski definition) is 0. The molecule has 0 heterocycles. The van der Waals surface area contributed by atoms with Gasteiger partial charge in [0.1, 0.15) is 0 Å². The van der Waals surface area contributed by atoms with E-state index >= 15 is 0 Å². The minimum absolute atomic E-state index is 0.368. The molecule has 0 aliphatic heterocycles. The highest BCUT2D eigenvalue weighted by Gasteiger charge is 1.93. The summed E-state index contributed by atoms with van der Waals surface area (Å²) in [4.78, 5) is 9.97. The molecule has 1 aromatic carbocycles. The fourth-order valence-corrected chi connectivity index (χ4v) is 1.17. The van der Waals surface area contributed by atoms with Crippen LogP contribution in [-0.2, 0) is 4.79 Å². The molecule has 1 rings (SSSR count). The molecule has 0 saturated carbocycles. The van der Waals surface area contributed by atoms with Crippen molar-refractivity contribution < 1.29 is 4.79 Å². The van der Waals surface area contributed by atoms with Crippen LogP contribution in [-0.4, -0.2) is 6.29 Å². The molecule has 0 unspecified atom stereocenters. The van der Waals surface area contributed by atoms with E-state index < -0.39 is 0 Å². The Hall–Kier alpha value is -1.37. The zero-order valence-corrected chi connectivity index (χ0v) is 8.00. The first kappa shape index (κ1) is 9.72. The van der Waals surface area contributed by atoms with Crippen LogP contribution < -0.4 is 0 Å². The number of rotatable bonds is 3. The van der Waals surface area contributed by atoms with E-state index in [0.717, 1.165) is 0 Å². The van der Waals surface area contributed by atoms with Gasteiger partial charge in [-0.05, 0) is 25.0 Å². The molecular weight excluding hydrogens is 160 g/mol. The van der Waals surface area contributed by atoms with Gasteiger partial charge in [-0.25, -0.2) is 0 Å². The Morgan fingerprint density at radius 1 is 1.38 bits per heavy atom. The van der Waals surface area contributed by atoms with Crippen molar-refractivity contribution in [3.8, 4) is 0 Å². The van der Waals surface area contributed by atoms with E-state index in [1.807, 2.05) is 18.4 Å². The first-order valence-electron chi connectivity index (χ1n) is 4.33. The zero-order chi connectivity index (χ0) is 9.68. The summed E-state index contributed by atoms with van der Waals surface area (Å²) in [7, 11) is 0. The second-order valence-electron chi connectivity index (χ2n) is 3.11. The Kier molecular flexibility index (Phi) is 3.44. The van der Waals surface area contributed by atoms with Gasteiger partial charge >= 0.3 is 0 Å². The van der Waals surface area contributed by atoms with Crippen molar-refractivity contribution in [3.63, 3.8) is 0 Å². The highest BCUT2D eigenvalue weighted by molar-refractivity contribution is 5.60. The lowest BCUT2D eigenvalue weighted by Crippen LogP contribution is -1.81. The predicted octanol–water partition coefficient (Wildman–Crippen LogP) is 2.82. The van der Waals surface area contributed by atoms with Gasteiger partial charge in [-0.3, -0.25) is 4.79 Å². The van der Waals surface area contributed by atoms with Crippen LogP contribution in [0.4, 0.5) is 0 Å². The van der Waals surface area contributed by atoms with E-state index in [9.17, 15) is 4.79 Å². The molecule has 67 valence electrons. The lowest BCUT2D eigenvalue weighted by Gasteiger charge is -2.00. The fourth-order valence-electron chi connectivity index (χ4n) is 1.17. The Bertz CT molecular complexity index is 324. The topological polar surface area (TPSA) is 17.1 Å². The molecule has 0 atom stereocenters. The first-order valence-corrected chi connectivity index (χ1v) is 4.33. The minimum atomic E-state index is 0.368. The molecule has 0 N–H and O–H groups in total. The number of hydrogen-bond acceptors (Lipinski definition) is 1. The quantitative estimate of drug-likeness (QED) is 0.687. The normalized spacial score (nSPS) is 10.6. The second kappa shape index (κ2) is 4.61. The molecule has 0 aromatic heterocycles. The molecule has 0 spiro atoms. The van der Waals surface area contributed by atoms with Crippen LogP contribution in [0.15, 0.2) is 24.3 Å². The summed E-state index contributed by atoms with van der Waals surface area (Å²) < 4.78 is 0. The van der Waals surface area contributed by atoms with Crippen molar-refractivity contribution in [3.05, 3.63) is 41.0 Å². The van der Waals surface area contributed by atoms with Crippen LogP contribution in [0, 0.1) is 13.8 Å². The maximum Gasteiger partial charge on any atom is 0.202 e. The summed E-state index contributed by atoms with van der Waals surface area (Å²) in [5.74, 6) is 0. The van der Waals surface area contributed by atoms with Gasteiger partial charge in [0.25, 0.3) is 0 Å². The fraction of sp³-hybridized carbons (Fsp3) is 0.250. The van der Waals surface area contributed by atoms with Gasteiger partial charge in [-0.15, -0.1) is 0 Å². The highest BCUT2D eigenvalue weighted by Crippen LogP contribution is 2.12. The molecule has 1 radical (unpaired) electrons. The van der Waals surface area contributed by atoms with E-state index in [-0.39, 0.29) is 0 Å². The number of benzene rings is 1. The van der Waals surface area contributed by atoms with Crippen LogP contribution in [0.3, 0.4) is 0 Å². The van der Waals surface area contributed by atoms with Gasteiger partial charge in [0.05, 0.1) is 0 Å². The number of carbonyl (C=O) groups excluding carboxylic acids is 1. The van der Waals surface area contributed by atoms with E-state index in [1.165, 1.54) is 16.7 Å². The number of aryl methyl sites for hydroxylation is 2. The summed E-state index contributed by atoms with van der Waals surface area (Å²) in [6.07, 6.45) is 6.00. The first-order chi connectivity index (χ1) is 6.24. The highest BCUT2D eigenvalue weighted by atomic mass is 16.1. The van der Waals surface area contributed by atoms with Gasteiger partial charge in [0.2, 0.25) is 6.29 Å². The van der Waals surface area contributed by atoms with Gasteiger partial charge in [-0.1, -0.05) is 35.9 Å². The number of allylic oxidation sites excluding steroid dienone is 1. The van der Waals surface area contributed by atoms with Gasteiger partial charge in [0, 0.05) is 6.42 Å². The average molecular weight is 173 g/mol. The van der Waals surface area contributed by atoms with Crippen LogP contribution in [0.2, 0.25) is 0 Å². The van der Waals surface area contributed by atoms with Crippen LogP contribution in [0.1, 0.15) is 23.1 Å². The summed E-state index contributed by atoms with van der Waals surface area (Å²) in [6, 6.07) is 6.27. The molecule has 0 amide bonds. The molecule has 1 heteroatoms. The van der Waals surface area contributed by atoms with Gasteiger partial charge in [-0.2, -0.15) is 0 Å². The molecule has 0 bridgehead atoms. The molecule has 13 heavy (non-hydrogen) atoms. The summed E-state index contributed by atoms with van der Waals surface area (Å²) in [6.45, 7) is 4.12. The van der Waals surface area contributed by atoms with E-state index in [2.05, 4.69) is 32.0 Å². The summed E-state index contributed by atoms with van der Waals surface area (Å²) >= 11 is 0. The predicted molar refractivity (Wildman–Crippen MR) is 55.3 cm³/mol. The monoisotopic (exact) mass is 173 g/mol. The van der Waals surface area contributed by atoms with Crippen LogP contribution in [0.5, 0.6) is 0 Å². The maximum atomic E-state index is 9.97. The van der Waals surface area contributed by atoms with Crippen molar-refractivity contribution in [1.29, 1.82) is 0 Å². The SMILES string of the molecule is Cc1ccc(C)c(C=CC[C]=O)c1. The third kappa shape index (κ3) is 2.86. The Labute approximate surface area is 79.1 Å². The van der Waals surface area contributed by atoms with E-state index in [0.29, 0.717) is 6.42 Å². The molecule has 0 aliphatic rings. The lowest BCUT2D eigenvalue weighted by atomic mass is 10.1. The second-order valence-corrected chi connectivity index (χ2v) is 3.11. The molecule has 0 aliphatic carbocycles. The molecular formula is C12H13O. The van der Waals surface area contributed by atoms with E-state index in [4.69, 9.17) is 0 Å². The Morgan fingerprint density at radius 3 is 2.85 bits per heavy atom. The molecule has 0 fully saturated rings. The van der Waals surface area contributed by atoms with E-state index in [1.54, 1.807) is 0 Å². The van der Waals surface area contributed by atoms with Crippen molar-refractivity contribution in [2.45, 2.75) is 20.3 Å². The average Bonchev–Trinajstić information content (AvgIpc) is 2.11. The molecule has 1 nitrogen and oxygen atoms in total. The molecule has 0 saturated heterocycles. The van der Waals surface area contributed by atoms with Crippen LogP contribution in [0.25, 0.3) is 6.08 Å². The summed E-state index contributed by atoms with van der Waals surface area (Å²) in [5, 5.41) is 0. The summed E-state index contributed by atoms with van der Waals surface area (Å²) in [5.41, 5.74) is 3.64. The maximum absolute atomic E-state index is 9.97. The van der Waals surface area contributed by atoms with Crippen LogP contribution >= 0.6 is 0 Å². The van der Waals surface area contributed by atoms with Crippen molar-refractivity contribution in [1.82, 2.24) is 0 Å². The Balaban J connectivity index is 2.86. The Morgan fingerprint density at radius 2 is 2.15 bits per heavy atom. The standard InChI is InChI=1S/C12H13O/c1-10-6-7-11(2)12(9-10)5-3-4-8-13/h3,5-7,9H,4H2,1-2H3. The van der Waals surface area contributed by atoms with Crippen molar-refractivity contribution in [2.24, 2.45) is 0 Å². The third-order valence-electron chi connectivity index (χ3n) is 1.93. The largest absolute Gasteiger partial charge is 0.291 e. The van der Waals surface area contributed by atoms with Crippen molar-refractivity contribution in [2.75, 3.05) is 0 Å².